The van der Waals surface area contributed by atoms with Crippen molar-refractivity contribution >= 4 is 21.6 Å². The molecular weight excluding hydrogens is 350 g/mol. The van der Waals surface area contributed by atoms with Crippen LogP contribution in [0.5, 0.6) is 0 Å². The molecule has 0 bridgehead atoms. The number of carbonyl (C=O) groups is 1. The van der Waals surface area contributed by atoms with Gasteiger partial charge in [0.25, 0.3) is 0 Å². The Hall–Kier alpha value is -1.60. The molecule has 0 aliphatic heterocycles. The number of nitrogens with one attached hydrogen (secondary N) is 2. The van der Waals surface area contributed by atoms with E-state index in [-0.39, 0.29) is 5.91 Å². The fourth-order valence-electron chi connectivity index (χ4n) is 2.36. The number of anilines is 1. The number of hydrogen-bond acceptors (Lipinski definition) is 4. The second-order valence-corrected chi connectivity index (χ2v) is 9.75. The van der Waals surface area contributed by atoms with Gasteiger partial charge in [0.05, 0.1) is 4.75 Å². The van der Waals surface area contributed by atoms with E-state index in [2.05, 4.69) is 34.0 Å². The first-order valence-corrected chi connectivity index (χ1v) is 10.7. The molecule has 26 heavy (non-hydrogen) atoms. The van der Waals surface area contributed by atoms with Gasteiger partial charge in [0.1, 0.15) is 0 Å². The molecule has 1 aromatic rings. The van der Waals surface area contributed by atoms with Gasteiger partial charge >= 0.3 is 0 Å². The molecule has 0 aliphatic carbocycles. The molecule has 0 radical (unpaired) electrons. The number of para-hydroxylation sites is 1. The van der Waals surface area contributed by atoms with Crippen molar-refractivity contribution in [3.05, 3.63) is 30.3 Å². The van der Waals surface area contributed by atoms with Gasteiger partial charge in [-0.25, -0.2) is 13.1 Å². The summed E-state index contributed by atoms with van der Waals surface area (Å²) in [6.07, 6.45) is 1.72. The first kappa shape index (κ1) is 22.4. The van der Waals surface area contributed by atoms with Crippen molar-refractivity contribution in [3.8, 4) is 0 Å². The number of nitrogens with zero attached hydrogens (tertiary/aromatic N) is 1. The third-order valence-electron chi connectivity index (χ3n) is 4.14. The Kier molecular flexibility index (Phi) is 9.08. The molecule has 1 amide bonds. The maximum Gasteiger partial charge on any atom is 0.220 e. The van der Waals surface area contributed by atoms with E-state index in [1.54, 1.807) is 20.8 Å². The maximum absolute atomic E-state index is 11.9. The number of likely N-dealkylation sites (N-methyl/N-ethyl adjacent to an activating group) is 1. The van der Waals surface area contributed by atoms with E-state index < -0.39 is 14.8 Å². The lowest BCUT2D eigenvalue weighted by atomic mass is 10.2. The standard InChI is InChI=1S/C19H33N3O3S/c1-5-22(17-11-7-6-8-12-17)16-15-20-18(23)13-9-10-14-21-26(24,25)19(2,3)4/h6-8,11-12,21H,5,9-10,13-16H2,1-4H3,(H,20,23). The van der Waals surface area contributed by atoms with E-state index in [9.17, 15) is 13.2 Å². The predicted octanol–water partition coefficient (Wildman–Crippen LogP) is 2.52. The fraction of sp³-hybridized carbons (Fsp3) is 0.632. The third kappa shape index (κ3) is 7.74. The maximum atomic E-state index is 11.9. The van der Waals surface area contributed by atoms with E-state index in [1.165, 1.54) is 0 Å². The quantitative estimate of drug-likeness (QED) is 0.576. The number of carbonyl (C=O) groups excluding carboxylic acids is 1. The number of sulfonamides is 1. The zero-order chi connectivity index (χ0) is 19.6. The molecule has 0 saturated heterocycles. The van der Waals surface area contributed by atoms with Crippen molar-refractivity contribution in [2.45, 2.75) is 51.7 Å². The Balaban J connectivity index is 2.19. The van der Waals surface area contributed by atoms with Gasteiger partial charge in [-0.3, -0.25) is 4.79 Å². The Morgan fingerprint density at radius 3 is 2.31 bits per heavy atom. The number of amides is 1. The van der Waals surface area contributed by atoms with Gasteiger partial charge in [0.2, 0.25) is 15.9 Å². The van der Waals surface area contributed by atoms with Gasteiger partial charge in [-0.05, 0) is 52.7 Å². The molecule has 1 aromatic carbocycles. The second kappa shape index (κ2) is 10.5. The first-order valence-electron chi connectivity index (χ1n) is 9.23. The van der Waals surface area contributed by atoms with Crippen LogP contribution in [0.3, 0.4) is 0 Å². The van der Waals surface area contributed by atoms with Crippen molar-refractivity contribution in [1.82, 2.24) is 10.0 Å². The van der Waals surface area contributed by atoms with Gasteiger partial charge in [-0.1, -0.05) is 18.2 Å². The largest absolute Gasteiger partial charge is 0.370 e. The number of hydrogen-bond donors (Lipinski definition) is 2. The normalized spacial score (nSPS) is 12.0. The average molecular weight is 384 g/mol. The topological polar surface area (TPSA) is 78.5 Å². The molecule has 7 heteroatoms. The molecule has 2 N–H and O–H groups in total. The molecule has 0 fully saturated rings. The number of rotatable bonds is 11. The summed E-state index contributed by atoms with van der Waals surface area (Å²) in [6, 6.07) is 10.1. The summed E-state index contributed by atoms with van der Waals surface area (Å²) in [7, 11) is -3.31. The molecule has 1 rings (SSSR count). The van der Waals surface area contributed by atoms with Gasteiger partial charge in [-0.15, -0.1) is 0 Å². The molecule has 0 spiro atoms. The van der Waals surface area contributed by atoms with Crippen LogP contribution < -0.4 is 14.9 Å². The summed E-state index contributed by atoms with van der Waals surface area (Å²) in [5.74, 6) is 0.00722. The first-order chi connectivity index (χ1) is 12.2. The van der Waals surface area contributed by atoms with Crippen LogP contribution in [-0.4, -0.2) is 45.3 Å². The van der Waals surface area contributed by atoms with Gasteiger partial charge in [-0.2, -0.15) is 0 Å². The molecule has 6 nitrogen and oxygen atoms in total. The number of benzene rings is 1. The lowest BCUT2D eigenvalue weighted by Gasteiger charge is -2.23. The molecular formula is C19H33N3O3S. The highest BCUT2D eigenvalue weighted by Crippen LogP contribution is 2.13. The highest BCUT2D eigenvalue weighted by molar-refractivity contribution is 7.90. The molecule has 148 valence electrons. The minimum absolute atomic E-state index is 0.00722. The summed E-state index contributed by atoms with van der Waals surface area (Å²) >= 11 is 0. The SMILES string of the molecule is CCN(CCNC(=O)CCCCNS(=O)(=O)C(C)(C)C)c1ccccc1. The van der Waals surface area contributed by atoms with Crippen LogP contribution in [0, 0.1) is 0 Å². The highest BCUT2D eigenvalue weighted by Gasteiger charge is 2.27. The van der Waals surface area contributed by atoms with Crippen LogP contribution in [0.4, 0.5) is 5.69 Å². The second-order valence-electron chi connectivity index (χ2n) is 7.23. The Labute approximate surface area is 158 Å². The minimum atomic E-state index is -3.31. The van der Waals surface area contributed by atoms with Crippen LogP contribution in [0.1, 0.15) is 47.0 Å². The smallest absolute Gasteiger partial charge is 0.220 e. The molecule has 0 aromatic heterocycles. The number of unbranched alkanes of at least 4 members (excludes halogenated alkanes) is 1. The van der Waals surface area contributed by atoms with E-state index in [0.717, 1.165) is 18.8 Å². The van der Waals surface area contributed by atoms with Crippen molar-refractivity contribution in [3.63, 3.8) is 0 Å². The molecule has 0 heterocycles. The van der Waals surface area contributed by atoms with E-state index >= 15 is 0 Å². The third-order valence-corrected chi connectivity index (χ3v) is 6.33. The van der Waals surface area contributed by atoms with Crippen molar-refractivity contribution in [1.29, 1.82) is 0 Å². The Bertz CT molecular complexity index is 640. The monoisotopic (exact) mass is 383 g/mol. The van der Waals surface area contributed by atoms with Crippen molar-refractivity contribution in [2.75, 3.05) is 31.1 Å². The van der Waals surface area contributed by atoms with E-state index in [1.807, 2.05) is 18.2 Å². The average Bonchev–Trinajstić information content (AvgIpc) is 2.58. The zero-order valence-corrected chi connectivity index (χ0v) is 17.2. The zero-order valence-electron chi connectivity index (χ0n) is 16.4. The molecule has 0 aliphatic rings. The highest BCUT2D eigenvalue weighted by atomic mass is 32.2. The molecule has 0 atom stereocenters. The summed E-state index contributed by atoms with van der Waals surface area (Å²) in [5, 5.41) is 2.93. The summed E-state index contributed by atoms with van der Waals surface area (Å²) < 4.78 is 25.6. The molecule has 0 saturated carbocycles. The van der Waals surface area contributed by atoms with Crippen LogP contribution in [-0.2, 0) is 14.8 Å². The van der Waals surface area contributed by atoms with E-state index in [0.29, 0.717) is 32.4 Å². The van der Waals surface area contributed by atoms with Crippen LogP contribution in [0.25, 0.3) is 0 Å². The van der Waals surface area contributed by atoms with Gasteiger partial charge in [0, 0.05) is 38.3 Å². The predicted molar refractivity (Wildman–Crippen MR) is 108 cm³/mol. The summed E-state index contributed by atoms with van der Waals surface area (Å²) in [5.41, 5.74) is 1.15. The van der Waals surface area contributed by atoms with E-state index in [4.69, 9.17) is 0 Å². The van der Waals surface area contributed by atoms with Gasteiger partial charge in [0.15, 0.2) is 0 Å². The van der Waals surface area contributed by atoms with Crippen LogP contribution in [0.15, 0.2) is 30.3 Å². The summed E-state index contributed by atoms with van der Waals surface area (Å²) in [6.45, 7) is 9.69. The van der Waals surface area contributed by atoms with Gasteiger partial charge < -0.3 is 10.2 Å². The lowest BCUT2D eigenvalue weighted by Crippen LogP contribution is -2.39. The minimum Gasteiger partial charge on any atom is -0.370 e. The Morgan fingerprint density at radius 1 is 1.08 bits per heavy atom. The van der Waals surface area contributed by atoms with Crippen molar-refractivity contribution < 1.29 is 13.2 Å². The molecule has 0 unspecified atom stereocenters. The van der Waals surface area contributed by atoms with Crippen molar-refractivity contribution in [2.24, 2.45) is 0 Å². The van der Waals surface area contributed by atoms with Crippen LogP contribution >= 0.6 is 0 Å². The Morgan fingerprint density at radius 2 is 1.73 bits per heavy atom. The fourth-order valence-corrected chi connectivity index (χ4v) is 3.21. The lowest BCUT2D eigenvalue weighted by molar-refractivity contribution is -0.121. The summed E-state index contributed by atoms with van der Waals surface area (Å²) in [4.78, 5) is 14.1. The van der Waals surface area contributed by atoms with Crippen LogP contribution in [0.2, 0.25) is 0 Å².